The van der Waals surface area contributed by atoms with Gasteiger partial charge in [-0.3, -0.25) is 4.98 Å². The number of thiol groups is 1. The Morgan fingerprint density at radius 2 is 1.65 bits per heavy atom. The van der Waals surface area contributed by atoms with Crippen molar-refractivity contribution in [3.8, 4) is 34.7 Å². The van der Waals surface area contributed by atoms with E-state index in [4.69, 9.17) is 24.6 Å². The molecule has 1 aliphatic heterocycles. The van der Waals surface area contributed by atoms with E-state index in [0.717, 1.165) is 87.2 Å². The van der Waals surface area contributed by atoms with Crippen LogP contribution < -0.4 is 10.7 Å². The summed E-state index contributed by atoms with van der Waals surface area (Å²) in [5.41, 5.74) is 18.6. The highest BCUT2D eigenvalue weighted by molar-refractivity contribution is 7.77. The highest BCUT2D eigenvalue weighted by Gasteiger charge is 2.32. The van der Waals surface area contributed by atoms with Crippen molar-refractivity contribution in [2.75, 3.05) is 47.3 Å². The van der Waals surface area contributed by atoms with E-state index < -0.39 is 0 Å². The van der Waals surface area contributed by atoms with Crippen LogP contribution in [0.3, 0.4) is 0 Å². The van der Waals surface area contributed by atoms with Gasteiger partial charge in [-0.05, 0) is 162 Å². The van der Waals surface area contributed by atoms with E-state index in [0.29, 0.717) is 17.9 Å². The van der Waals surface area contributed by atoms with Gasteiger partial charge in [0.25, 0.3) is 0 Å². The Bertz CT molecular complexity index is 2760. The average molecular weight is 1060 g/mol. The van der Waals surface area contributed by atoms with Crippen molar-refractivity contribution in [1.82, 2.24) is 39.4 Å². The summed E-state index contributed by atoms with van der Waals surface area (Å²) in [5, 5.41) is 7.58. The topological polar surface area (TPSA) is 54.8 Å². The van der Waals surface area contributed by atoms with Crippen LogP contribution in [0.2, 0.25) is 0 Å². The molecule has 2 saturated carbocycles. The number of hydrazine groups is 1. The van der Waals surface area contributed by atoms with Gasteiger partial charge < -0.3 is 29.0 Å². The average Bonchev–Trinajstić information content (AvgIpc) is 3.98. The number of terminal acetylenes is 1. The van der Waals surface area contributed by atoms with E-state index in [1.807, 2.05) is 46.7 Å². The molecule has 0 radical (unpaired) electrons. The molecule has 9 heteroatoms. The number of nitrogens with zero attached hydrogens (tertiary/aromatic N) is 6. The largest absolute Gasteiger partial charge is 0.379 e. The predicted molar refractivity (Wildman–Crippen MR) is 335 cm³/mol. The molecule has 8 nitrogen and oxygen atoms in total. The highest BCUT2D eigenvalue weighted by Crippen LogP contribution is 2.43. The molecule has 5 aromatic rings. The van der Waals surface area contributed by atoms with Crippen molar-refractivity contribution in [2.24, 2.45) is 17.3 Å². The number of benzene rings is 3. The number of aryl methyl sites for hydroxylation is 3. The summed E-state index contributed by atoms with van der Waals surface area (Å²) in [7, 11) is 6.41. The van der Waals surface area contributed by atoms with Gasteiger partial charge in [0.05, 0.1) is 23.5 Å². The number of likely N-dealkylation sites (N-methyl/N-ethyl adjacent to an activating group) is 2. The predicted octanol–water partition coefficient (Wildman–Crippen LogP) is 15.2. The zero-order chi connectivity index (χ0) is 55.8. The van der Waals surface area contributed by atoms with Gasteiger partial charge in [0, 0.05) is 80.2 Å². The van der Waals surface area contributed by atoms with E-state index in [-0.39, 0.29) is 11.5 Å². The lowest BCUT2D eigenvalue weighted by molar-refractivity contribution is 0.184. The van der Waals surface area contributed by atoms with Crippen LogP contribution in [0.5, 0.6) is 0 Å². The first-order chi connectivity index (χ1) is 36.9. The summed E-state index contributed by atoms with van der Waals surface area (Å²) in [6, 6.07) is 29.2. The van der Waals surface area contributed by atoms with Crippen molar-refractivity contribution in [3.63, 3.8) is 0 Å². The third-order valence-corrected chi connectivity index (χ3v) is 16.2. The number of fused-ring (bicyclic) bond motifs is 1. The quantitative estimate of drug-likeness (QED) is 0.0342. The smallest absolute Gasteiger partial charge is 0.106 e. The molecule has 0 amide bonds. The summed E-state index contributed by atoms with van der Waals surface area (Å²) in [6.07, 6.45) is 23.3. The fourth-order valence-electron chi connectivity index (χ4n) is 11.5. The summed E-state index contributed by atoms with van der Waals surface area (Å²) in [5.74, 6) is 5.64. The molecule has 2 aliphatic carbocycles. The van der Waals surface area contributed by atoms with E-state index in [2.05, 4.69) is 180 Å². The SMILES string of the molecule is C#CCCC(C)(C)Cc1c(-c2cccnc2C(C)C)n(CC)c2ccc(-c3cc(C)cc(CC(NC(=C)C(C4CCCC4)N(C)C)C(=C)N4CCCCN4)c3)cc12.C=CCN(C)C(=C)N(S)CC1CC1.Cc1ccccc1. The van der Waals surface area contributed by atoms with E-state index in [1.54, 1.807) is 0 Å². The van der Waals surface area contributed by atoms with E-state index >= 15 is 0 Å². The lowest BCUT2D eigenvalue weighted by atomic mass is 9.80. The number of hydrogen-bond donors (Lipinski definition) is 3. The second-order valence-corrected chi connectivity index (χ2v) is 24.0. The Balaban J connectivity index is 0.000000399. The fraction of sp³-hybridized carbons (Fsp3) is 0.485. The lowest BCUT2D eigenvalue weighted by Gasteiger charge is -2.38. The second-order valence-electron chi connectivity index (χ2n) is 23.5. The molecule has 3 heterocycles. The third kappa shape index (κ3) is 16.9. The zero-order valence-corrected chi connectivity index (χ0v) is 50.0. The number of aromatic nitrogens is 2. The number of hydrogen-bond acceptors (Lipinski definition) is 8. The van der Waals surface area contributed by atoms with Crippen LogP contribution >= 0.6 is 12.8 Å². The van der Waals surface area contributed by atoms with Crippen LogP contribution in [0, 0.1) is 43.4 Å². The van der Waals surface area contributed by atoms with Gasteiger partial charge in [-0.2, -0.15) is 0 Å². The third-order valence-electron chi connectivity index (χ3n) is 15.8. The molecule has 0 spiro atoms. The minimum atomic E-state index is 0.0108. The first kappa shape index (κ1) is 60.6. The molecule has 414 valence electrons. The number of nitrogens with one attached hydrogen (secondary N) is 2. The fourth-order valence-corrected chi connectivity index (χ4v) is 11.9. The summed E-state index contributed by atoms with van der Waals surface area (Å²) in [6.45, 7) is 37.6. The standard InChI is InChI=1S/C51H70N6.C10H18N2S.C7H8/c1-12-14-25-51(8,9)34-45-44-33-41(23-24-47(44)56(13-2)50(45)43-22-19-26-52-48(43)35(3)4)42-30-36(5)29-39(31-42)32-46(38(7)57-28-18-17-27-53-57)54-37(6)49(55(10)11)40-20-15-16-21-40;1-4-7-11(3)9(2)12(13)8-10-5-6-10;1-7-5-3-2-4-6-7/h1,19,22-24,26,29-31,33,35,40,46,49,53-54H,6-7,13-18,20-21,25,27-28,32,34H2,2-5,8-11H3;4,10,13H,1-2,5-8H2,3H3;2-6H,1H3. The molecule has 2 aromatic heterocycles. The van der Waals surface area contributed by atoms with Crippen molar-refractivity contribution in [2.45, 2.75) is 150 Å². The van der Waals surface area contributed by atoms with Crippen LogP contribution in [-0.2, 0) is 19.4 Å². The molecule has 0 bridgehead atoms. The second kappa shape index (κ2) is 28.8. The maximum atomic E-state index is 5.80. The summed E-state index contributed by atoms with van der Waals surface area (Å²) in [4.78, 5) is 9.34. The molecule has 3 fully saturated rings. The molecule has 2 unspecified atom stereocenters. The molecule has 2 N–H and O–H groups in total. The van der Waals surface area contributed by atoms with Crippen LogP contribution in [0.4, 0.5) is 0 Å². The number of rotatable bonds is 23. The molecular formula is C68H96N8S. The van der Waals surface area contributed by atoms with Gasteiger partial charge in [0.15, 0.2) is 0 Å². The monoisotopic (exact) mass is 1060 g/mol. The summed E-state index contributed by atoms with van der Waals surface area (Å²) < 4.78 is 4.45. The van der Waals surface area contributed by atoms with Crippen molar-refractivity contribution in [1.29, 1.82) is 0 Å². The Labute approximate surface area is 472 Å². The highest BCUT2D eigenvalue weighted by atomic mass is 32.1. The van der Waals surface area contributed by atoms with Gasteiger partial charge in [-0.25, -0.2) is 5.43 Å². The number of pyridine rings is 1. The van der Waals surface area contributed by atoms with Crippen molar-refractivity contribution < 1.29 is 0 Å². The Kier molecular flexibility index (Phi) is 22.7. The minimum absolute atomic E-state index is 0.0108. The van der Waals surface area contributed by atoms with Crippen molar-refractivity contribution >= 4 is 23.7 Å². The maximum Gasteiger partial charge on any atom is 0.106 e. The molecule has 8 rings (SSSR count). The van der Waals surface area contributed by atoms with Gasteiger partial charge in [-0.1, -0.05) is 145 Å². The Morgan fingerprint density at radius 3 is 2.25 bits per heavy atom. The molecular weight excluding hydrogens is 961 g/mol. The first-order valence-electron chi connectivity index (χ1n) is 28.8. The van der Waals surface area contributed by atoms with Crippen LogP contribution in [0.15, 0.2) is 135 Å². The molecule has 3 aromatic carbocycles. The van der Waals surface area contributed by atoms with E-state index in [1.165, 1.54) is 107 Å². The Hall–Kier alpha value is -5.66. The van der Waals surface area contributed by atoms with Gasteiger partial charge in [0.1, 0.15) is 5.82 Å². The normalized spacial score (nSPS) is 15.5. The Morgan fingerprint density at radius 1 is 0.922 bits per heavy atom. The lowest BCUT2D eigenvalue weighted by Crippen LogP contribution is -2.50. The van der Waals surface area contributed by atoms with Crippen molar-refractivity contribution in [3.05, 3.63) is 163 Å². The maximum absolute atomic E-state index is 5.80. The molecule has 2 atom stereocenters. The minimum Gasteiger partial charge on any atom is -0.379 e. The van der Waals surface area contributed by atoms with Crippen LogP contribution in [-0.4, -0.2) is 88.1 Å². The molecule has 3 aliphatic rings. The summed E-state index contributed by atoms with van der Waals surface area (Å²) >= 11 is 4.39. The molecule has 1 saturated heterocycles. The first-order valence-corrected chi connectivity index (χ1v) is 29.2. The van der Waals surface area contributed by atoms with Crippen LogP contribution in [0.1, 0.15) is 133 Å². The van der Waals surface area contributed by atoms with Gasteiger partial charge in [0.2, 0.25) is 0 Å². The van der Waals surface area contributed by atoms with Crippen LogP contribution in [0.25, 0.3) is 33.3 Å². The zero-order valence-electron chi connectivity index (χ0n) is 49.1. The van der Waals surface area contributed by atoms with Gasteiger partial charge in [-0.15, -0.1) is 18.9 Å². The van der Waals surface area contributed by atoms with E-state index in [9.17, 15) is 0 Å². The van der Waals surface area contributed by atoms with Gasteiger partial charge >= 0.3 is 0 Å². The molecule has 77 heavy (non-hydrogen) atoms.